The van der Waals surface area contributed by atoms with Crippen molar-refractivity contribution in [1.82, 2.24) is 14.3 Å². The fraction of sp³-hybridized carbons (Fsp3) is 1.00. The molecule has 0 aromatic heterocycles. The normalized spacial score (nSPS) is 35.5. The Kier molecular flexibility index (Phi) is 3.53. The molecule has 0 aromatic carbocycles. The number of rotatable bonds is 4. The van der Waals surface area contributed by atoms with Gasteiger partial charge >= 0.3 is 0 Å². The summed E-state index contributed by atoms with van der Waals surface area (Å²) in [6.07, 6.45) is 0.829. The summed E-state index contributed by atoms with van der Waals surface area (Å²) in [5.41, 5.74) is 0. The molecule has 0 radical (unpaired) electrons. The summed E-state index contributed by atoms with van der Waals surface area (Å²) in [5.74, 6) is 0.978. The molecule has 0 aromatic rings. The highest BCUT2D eigenvalue weighted by molar-refractivity contribution is 7.87. The number of hydrogen-bond acceptors (Lipinski definition) is 3. The van der Waals surface area contributed by atoms with Crippen molar-refractivity contribution in [3.05, 3.63) is 0 Å². The van der Waals surface area contributed by atoms with E-state index in [4.69, 9.17) is 0 Å². The predicted octanol–water partition coefficient (Wildman–Crippen LogP) is -0.229. The lowest BCUT2D eigenvalue weighted by atomic mass is 9.95. The Morgan fingerprint density at radius 3 is 2.81 bits per heavy atom. The predicted molar refractivity (Wildman–Crippen MR) is 63.2 cm³/mol. The van der Waals surface area contributed by atoms with E-state index < -0.39 is 10.2 Å². The first-order valence-electron chi connectivity index (χ1n) is 6.03. The lowest BCUT2D eigenvalue weighted by molar-refractivity contribution is 0.355. The molecular formula is C10H21N3O2S. The fourth-order valence-electron chi connectivity index (χ4n) is 2.76. The number of nitrogens with zero attached hydrogens (tertiary/aromatic N) is 1. The minimum atomic E-state index is -3.26. The van der Waals surface area contributed by atoms with Crippen LogP contribution in [-0.4, -0.2) is 44.9 Å². The van der Waals surface area contributed by atoms with Crippen molar-refractivity contribution in [3.63, 3.8) is 0 Å². The minimum absolute atomic E-state index is 0.120. The second kappa shape index (κ2) is 4.60. The van der Waals surface area contributed by atoms with Gasteiger partial charge in [-0.1, -0.05) is 6.92 Å². The number of hydrogen-bond donors (Lipinski definition) is 2. The third-order valence-corrected chi connectivity index (χ3v) is 5.39. The van der Waals surface area contributed by atoms with Crippen molar-refractivity contribution in [2.24, 2.45) is 11.8 Å². The first-order valence-corrected chi connectivity index (χ1v) is 7.47. The van der Waals surface area contributed by atoms with Crippen LogP contribution in [0.4, 0.5) is 0 Å². The first-order chi connectivity index (χ1) is 7.56. The van der Waals surface area contributed by atoms with Crippen LogP contribution in [0.3, 0.4) is 0 Å². The Morgan fingerprint density at radius 2 is 2.19 bits per heavy atom. The van der Waals surface area contributed by atoms with Crippen molar-refractivity contribution < 1.29 is 8.42 Å². The third-order valence-electron chi connectivity index (χ3n) is 3.72. The molecule has 2 N–H and O–H groups in total. The Bertz CT molecular complexity index is 344. The van der Waals surface area contributed by atoms with Gasteiger partial charge in [-0.15, -0.1) is 0 Å². The molecule has 3 unspecified atom stereocenters. The monoisotopic (exact) mass is 247 g/mol. The lowest BCUT2D eigenvalue weighted by Crippen LogP contribution is -2.45. The van der Waals surface area contributed by atoms with E-state index in [0.717, 1.165) is 19.5 Å². The van der Waals surface area contributed by atoms with Gasteiger partial charge in [-0.05, 0) is 38.3 Å². The van der Waals surface area contributed by atoms with Gasteiger partial charge in [0.25, 0.3) is 10.2 Å². The quantitative estimate of drug-likeness (QED) is 0.721. The highest BCUT2D eigenvalue weighted by Gasteiger charge is 2.46. The summed E-state index contributed by atoms with van der Waals surface area (Å²) in [6, 6.07) is 0.120. The topological polar surface area (TPSA) is 61.4 Å². The van der Waals surface area contributed by atoms with Crippen molar-refractivity contribution in [2.45, 2.75) is 26.3 Å². The Labute approximate surface area is 97.8 Å². The average Bonchev–Trinajstić information content (AvgIpc) is 2.79. The first kappa shape index (κ1) is 12.3. The lowest BCUT2D eigenvalue weighted by Gasteiger charge is -2.23. The van der Waals surface area contributed by atoms with Crippen LogP contribution in [0.1, 0.15) is 20.3 Å². The van der Waals surface area contributed by atoms with Gasteiger partial charge in [-0.25, -0.2) is 4.72 Å². The fourth-order valence-corrected chi connectivity index (χ4v) is 4.37. The molecule has 2 fully saturated rings. The summed E-state index contributed by atoms with van der Waals surface area (Å²) in [6.45, 7) is 7.08. The van der Waals surface area contributed by atoms with E-state index in [1.54, 1.807) is 4.31 Å². The zero-order chi connectivity index (χ0) is 11.8. The van der Waals surface area contributed by atoms with Crippen molar-refractivity contribution in [2.75, 3.05) is 26.2 Å². The van der Waals surface area contributed by atoms with Gasteiger partial charge in [0.05, 0.1) is 0 Å². The van der Waals surface area contributed by atoms with E-state index >= 15 is 0 Å². The van der Waals surface area contributed by atoms with Gasteiger partial charge in [0.15, 0.2) is 0 Å². The van der Waals surface area contributed by atoms with Crippen molar-refractivity contribution in [3.8, 4) is 0 Å². The molecule has 5 nitrogen and oxygen atoms in total. The molecule has 2 saturated heterocycles. The molecule has 2 aliphatic rings. The van der Waals surface area contributed by atoms with E-state index in [9.17, 15) is 8.42 Å². The van der Waals surface area contributed by atoms with E-state index in [1.807, 2.05) is 13.8 Å². The van der Waals surface area contributed by atoms with Crippen LogP contribution in [0.25, 0.3) is 0 Å². The zero-order valence-electron chi connectivity index (χ0n) is 9.94. The molecule has 94 valence electrons. The highest BCUT2D eigenvalue weighted by Crippen LogP contribution is 2.33. The smallest absolute Gasteiger partial charge is 0.279 e. The van der Waals surface area contributed by atoms with E-state index in [-0.39, 0.29) is 6.04 Å². The van der Waals surface area contributed by atoms with E-state index in [0.29, 0.717) is 24.9 Å². The van der Waals surface area contributed by atoms with Crippen LogP contribution in [0, 0.1) is 11.8 Å². The third kappa shape index (κ3) is 2.11. The molecule has 0 aliphatic carbocycles. The summed E-state index contributed by atoms with van der Waals surface area (Å²) in [5, 5.41) is 3.33. The van der Waals surface area contributed by atoms with Crippen LogP contribution in [0.2, 0.25) is 0 Å². The molecule has 0 saturated carbocycles. The standard InChI is InChI=1S/C10H21N3O2S/c1-3-4-12-16(14,15)13-7-9-5-11-6-10(9)8(13)2/h8-12H,3-7H2,1-2H3. The largest absolute Gasteiger partial charge is 0.316 e. The highest BCUT2D eigenvalue weighted by atomic mass is 32.2. The van der Waals surface area contributed by atoms with Crippen LogP contribution in [-0.2, 0) is 10.2 Å². The summed E-state index contributed by atoms with van der Waals surface area (Å²) >= 11 is 0. The molecule has 6 heteroatoms. The van der Waals surface area contributed by atoms with Gasteiger partial charge < -0.3 is 5.32 Å². The Hall–Kier alpha value is -0.170. The van der Waals surface area contributed by atoms with Crippen molar-refractivity contribution in [1.29, 1.82) is 0 Å². The molecule has 0 spiro atoms. The molecular weight excluding hydrogens is 226 g/mol. The van der Waals surface area contributed by atoms with Gasteiger partial charge in [-0.3, -0.25) is 0 Å². The Balaban J connectivity index is 2.06. The zero-order valence-corrected chi connectivity index (χ0v) is 10.8. The van der Waals surface area contributed by atoms with Crippen LogP contribution < -0.4 is 10.0 Å². The SMILES string of the molecule is CCCNS(=O)(=O)N1CC2CNCC2C1C. The molecule has 2 rings (SSSR count). The van der Waals surface area contributed by atoms with Gasteiger partial charge in [0, 0.05) is 19.1 Å². The maximum atomic E-state index is 12.0. The molecule has 3 atom stereocenters. The summed E-state index contributed by atoms with van der Waals surface area (Å²) in [4.78, 5) is 0. The maximum absolute atomic E-state index is 12.0. The molecule has 0 bridgehead atoms. The Morgan fingerprint density at radius 1 is 1.44 bits per heavy atom. The van der Waals surface area contributed by atoms with E-state index in [2.05, 4.69) is 10.0 Å². The number of nitrogens with one attached hydrogen (secondary N) is 2. The van der Waals surface area contributed by atoms with Gasteiger partial charge in [0.1, 0.15) is 0 Å². The maximum Gasteiger partial charge on any atom is 0.279 e. The molecule has 0 amide bonds. The molecule has 2 aliphatic heterocycles. The van der Waals surface area contributed by atoms with Crippen LogP contribution in [0.15, 0.2) is 0 Å². The minimum Gasteiger partial charge on any atom is -0.316 e. The van der Waals surface area contributed by atoms with Crippen LogP contribution in [0.5, 0.6) is 0 Å². The summed E-state index contributed by atoms with van der Waals surface area (Å²) < 4.78 is 28.3. The summed E-state index contributed by atoms with van der Waals surface area (Å²) in [7, 11) is -3.26. The average molecular weight is 247 g/mol. The van der Waals surface area contributed by atoms with Gasteiger partial charge in [-0.2, -0.15) is 12.7 Å². The van der Waals surface area contributed by atoms with Gasteiger partial charge in [0.2, 0.25) is 0 Å². The van der Waals surface area contributed by atoms with Crippen LogP contribution >= 0.6 is 0 Å². The molecule has 16 heavy (non-hydrogen) atoms. The van der Waals surface area contributed by atoms with E-state index in [1.165, 1.54) is 0 Å². The second-order valence-corrected chi connectivity index (χ2v) is 6.50. The molecule has 2 heterocycles. The second-order valence-electron chi connectivity index (χ2n) is 4.79. The van der Waals surface area contributed by atoms with Crippen molar-refractivity contribution >= 4 is 10.2 Å². The number of fused-ring (bicyclic) bond motifs is 1.